The van der Waals surface area contributed by atoms with E-state index in [1.54, 1.807) is 18.2 Å². The minimum Gasteiger partial charge on any atom is -0.299 e. The zero-order valence-electron chi connectivity index (χ0n) is 16.1. The third-order valence-electron chi connectivity index (χ3n) is 6.08. The average Bonchev–Trinajstić information content (AvgIpc) is 3.21. The maximum atomic E-state index is 12.4. The highest BCUT2D eigenvalue weighted by molar-refractivity contribution is 6.52. The van der Waals surface area contributed by atoms with Gasteiger partial charge in [0.1, 0.15) is 5.69 Å². The summed E-state index contributed by atoms with van der Waals surface area (Å²) in [5.41, 5.74) is 1.85. The molecule has 0 saturated heterocycles. The first-order valence-corrected chi connectivity index (χ1v) is 9.81. The van der Waals surface area contributed by atoms with E-state index in [1.165, 1.54) is 17.7 Å². The molecule has 2 aliphatic rings. The van der Waals surface area contributed by atoms with Gasteiger partial charge < -0.3 is 0 Å². The van der Waals surface area contributed by atoms with Crippen molar-refractivity contribution >= 4 is 17.4 Å². The van der Waals surface area contributed by atoms with E-state index in [9.17, 15) is 9.59 Å². The van der Waals surface area contributed by atoms with Crippen LogP contribution in [-0.4, -0.2) is 26.7 Å². The Bertz CT molecular complexity index is 873. The lowest BCUT2D eigenvalue weighted by atomic mass is 9.74. The lowest BCUT2D eigenvalue weighted by Crippen LogP contribution is -2.30. The van der Waals surface area contributed by atoms with Crippen molar-refractivity contribution in [3.63, 3.8) is 0 Å². The monoisotopic (exact) mass is 366 g/mol. The molecule has 142 valence electrons. The summed E-state index contributed by atoms with van der Waals surface area (Å²) in [6.07, 6.45) is 5.54. The molecular formula is C21H26N4O2. The molecule has 0 spiro atoms. The lowest BCUT2D eigenvalue weighted by molar-refractivity contribution is -0.114. The first kappa shape index (κ1) is 17.9. The molecule has 6 heteroatoms. The Morgan fingerprint density at radius 2 is 1.96 bits per heavy atom. The van der Waals surface area contributed by atoms with Gasteiger partial charge in [-0.2, -0.15) is 0 Å². The highest BCUT2D eigenvalue weighted by Gasteiger charge is 2.36. The number of ketones is 1. The summed E-state index contributed by atoms with van der Waals surface area (Å²) in [5, 5.41) is 8.71. The molecule has 1 aromatic carbocycles. The number of fused-ring (bicyclic) bond motifs is 1. The molecule has 0 radical (unpaired) electrons. The standard InChI is InChI=1S/C21H26N4O2/c1-13(2)16-9-8-14(3)10-19(16)25-12-15(22-23-25)11-24-18-7-5-4-6-17(18)20(26)21(24)27/h4-7,12-14,16,19H,8-11H2,1-3H3/t14-,16+,19+/m1/s1. The van der Waals surface area contributed by atoms with Gasteiger partial charge in [-0.3, -0.25) is 14.5 Å². The fourth-order valence-electron chi connectivity index (χ4n) is 4.57. The smallest absolute Gasteiger partial charge is 0.299 e. The third-order valence-corrected chi connectivity index (χ3v) is 6.08. The van der Waals surface area contributed by atoms with Crippen LogP contribution in [0.15, 0.2) is 30.5 Å². The molecule has 1 fully saturated rings. The Labute approximate surface area is 159 Å². The van der Waals surface area contributed by atoms with Crippen LogP contribution in [0, 0.1) is 17.8 Å². The SMILES string of the molecule is CC(C)[C@@H]1CC[C@@H](C)C[C@@H]1n1cc(CN2C(=O)C(=O)c3ccccc32)nn1. The van der Waals surface area contributed by atoms with Gasteiger partial charge in [0.15, 0.2) is 0 Å². The van der Waals surface area contributed by atoms with Gasteiger partial charge in [0.25, 0.3) is 11.7 Å². The summed E-state index contributed by atoms with van der Waals surface area (Å²) in [7, 11) is 0. The van der Waals surface area contributed by atoms with Crippen molar-refractivity contribution in [1.82, 2.24) is 15.0 Å². The van der Waals surface area contributed by atoms with E-state index in [4.69, 9.17) is 0 Å². The van der Waals surface area contributed by atoms with Crippen molar-refractivity contribution in [1.29, 1.82) is 0 Å². The quantitative estimate of drug-likeness (QED) is 0.775. The number of amides is 1. The fourth-order valence-corrected chi connectivity index (χ4v) is 4.57. The molecule has 1 aliphatic heterocycles. The van der Waals surface area contributed by atoms with Gasteiger partial charge in [-0.25, -0.2) is 4.68 Å². The molecule has 0 N–H and O–H groups in total. The number of hydrogen-bond donors (Lipinski definition) is 0. The van der Waals surface area contributed by atoms with E-state index in [0.29, 0.717) is 40.7 Å². The first-order valence-electron chi connectivity index (χ1n) is 9.81. The Balaban J connectivity index is 1.57. The van der Waals surface area contributed by atoms with Crippen LogP contribution in [0.1, 0.15) is 62.1 Å². The lowest BCUT2D eigenvalue weighted by Gasteiger charge is -2.37. The molecule has 6 nitrogen and oxygen atoms in total. The van der Waals surface area contributed by atoms with Gasteiger partial charge in [-0.15, -0.1) is 5.10 Å². The predicted octanol–water partition coefficient (Wildman–Crippen LogP) is 3.64. The van der Waals surface area contributed by atoms with E-state index in [1.807, 2.05) is 16.9 Å². The summed E-state index contributed by atoms with van der Waals surface area (Å²) in [4.78, 5) is 26.1. The zero-order chi connectivity index (χ0) is 19.1. The first-order chi connectivity index (χ1) is 13.0. The van der Waals surface area contributed by atoms with Crippen LogP contribution in [0.2, 0.25) is 0 Å². The average molecular weight is 366 g/mol. The summed E-state index contributed by atoms with van der Waals surface area (Å²) >= 11 is 0. The largest absolute Gasteiger partial charge is 0.299 e. The molecule has 27 heavy (non-hydrogen) atoms. The van der Waals surface area contributed by atoms with Crippen LogP contribution in [0.4, 0.5) is 5.69 Å². The van der Waals surface area contributed by atoms with Gasteiger partial charge in [0, 0.05) is 0 Å². The van der Waals surface area contributed by atoms with Gasteiger partial charge in [-0.1, -0.05) is 44.5 Å². The summed E-state index contributed by atoms with van der Waals surface area (Å²) in [5.74, 6) is 0.935. The van der Waals surface area contributed by atoms with Crippen LogP contribution in [-0.2, 0) is 11.3 Å². The van der Waals surface area contributed by atoms with Gasteiger partial charge in [0.2, 0.25) is 0 Å². The zero-order valence-corrected chi connectivity index (χ0v) is 16.1. The van der Waals surface area contributed by atoms with E-state index >= 15 is 0 Å². The Morgan fingerprint density at radius 1 is 1.19 bits per heavy atom. The van der Waals surface area contributed by atoms with Crippen LogP contribution in [0.3, 0.4) is 0 Å². The number of para-hydroxylation sites is 1. The topological polar surface area (TPSA) is 68.1 Å². The molecule has 2 heterocycles. The minimum absolute atomic E-state index is 0.274. The molecule has 0 bridgehead atoms. The van der Waals surface area contributed by atoms with Gasteiger partial charge >= 0.3 is 0 Å². The predicted molar refractivity (Wildman–Crippen MR) is 102 cm³/mol. The molecular weight excluding hydrogens is 340 g/mol. The van der Waals surface area contributed by atoms with Crippen molar-refractivity contribution in [3.8, 4) is 0 Å². The molecule has 2 aromatic rings. The molecule has 1 amide bonds. The molecule has 3 atom stereocenters. The minimum atomic E-state index is -0.489. The van der Waals surface area contributed by atoms with Crippen molar-refractivity contribution in [2.75, 3.05) is 4.90 Å². The Kier molecular flexibility index (Phi) is 4.58. The van der Waals surface area contributed by atoms with E-state index < -0.39 is 11.7 Å². The second-order valence-electron chi connectivity index (χ2n) is 8.32. The number of rotatable bonds is 4. The highest BCUT2D eigenvalue weighted by Crippen LogP contribution is 2.40. The summed E-state index contributed by atoms with van der Waals surface area (Å²) < 4.78 is 1.99. The van der Waals surface area contributed by atoms with Crippen LogP contribution < -0.4 is 4.90 Å². The number of carbonyl (C=O) groups is 2. The van der Waals surface area contributed by atoms with E-state index in [0.717, 1.165) is 6.42 Å². The number of Topliss-reactive ketones (excluding diaryl/α,β-unsaturated/α-hetero) is 1. The maximum Gasteiger partial charge on any atom is 0.299 e. The second kappa shape index (κ2) is 6.91. The van der Waals surface area contributed by atoms with Crippen molar-refractivity contribution in [2.45, 2.75) is 52.6 Å². The number of aromatic nitrogens is 3. The number of hydrogen-bond acceptors (Lipinski definition) is 4. The van der Waals surface area contributed by atoms with Crippen LogP contribution in [0.5, 0.6) is 0 Å². The van der Waals surface area contributed by atoms with Gasteiger partial charge in [-0.05, 0) is 42.7 Å². The molecule has 1 aliphatic carbocycles. The van der Waals surface area contributed by atoms with Crippen molar-refractivity contribution in [3.05, 3.63) is 41.7 Å². The van der Waals surface area contributed by atoms with E-state index in [2.05, 4.69) is 31.1 Å². The second-order valence-corrected chi connectivity index (χ2v) is 8.32. The number of nitrogens with zero attached hydrogens (tertiary/aromatic N) is 4. The van der Waals surface area contributed by atoms with Crippen molar-refractivity contribution < 1.29 is 9.59 Å². The summed E-state index contributed by atoms with van der Waals surface area (Å²) in [6.45, 7) is 7.12. The molecule has 1 saturated carbocycles. The Morgan fingerprint density at radius 3 is 2.74 bits per heavy atom. The normalized spacial score (nSPS) is 25.3. The maximum absolute atomic E-state index is 12.4. The molecule has 0 unspecified atom stereocenters. The fraction of sp³-hybridized carbons (Fsp3) is 0.524. The third kappa shape index (κ3) is 3.17. The summed E-state index contributed by atoms with van der Waals surface area (Å²) in [6, 6.07) is 7.47. The number of carbonyl (C=O) groups excluding carboxylic acids is 2. The highest BCUT2D eigenvalue weighted by atomic mass is 16.2. The Hall–Kier alpha value is -2.50. The van der Waals surface area contributed by atoms with E-state index in [-0.39, 0.29) is 6.54 Å². The number of benzene rings is 1. The molecule has 4 rings (SSSR count). The number of anilines is 1. The van der Waals surface area contributed by atoms with Gasteiger partial charge in [0.05, 0.1) is 30.0 Å². The van der Waals surface area contributed by atoms with Crippen molar-refractivity contribution in [2.24, 2.45) is 17.8 Å². The van der Waals surface area contributed by atoms with Crippen LogP contribution >= 0.6 is 0 Å². The van der Waals surface area contributed by atoms with Crippen LogP contribution in [0.25, 0.3) is 0 Å². The molecule has 1 aromatic heterocycles.